The summed E-state index contributed by atoms with van der Waals surface area (Å²) in [5, 5.41) is 0. The molecule has 0 aliphatic rings. The molecule has 0 saturated heterocycles. The summed E-state index contributed by atoms with van der Waals surface area (Å²) >= 11 is 0.791. The average Bonchev–Trinajstić information content (AvgIpc) is 2.05. The maximum absolute atomic E-state index is 9.67. The second-order valence-corrected chi connectivity index (χ2v) is 4.07. The van der Waals surface area contributed by atoms with Crippen LogP contribution in [0.4, 0.5) is 12.9 Å². The van der Waals surface area contributed by atoms with Crippen molar-refractivity contribution in [3.05, 3.63) is 24.3 Å². The predicted octanol–water partition coefficient (Wildman–Crippen LogP) is 1.37. The molecule has 0 unspecified atom stereocenters. The van der Waals surface area contributed by atoms with Gasteiger partial charge in [-0.2, -0.15) is 0 Å². The molecule has 0 aromatic heterocycles. The van der Waals surface area contributed by atoms with Gasteiger partial charge in [0.1, 0.15) is 0 Å². The van der Waals surface area contributed by atoms with Crippen molar-refractivity contribution >= 4 is 56.2 Å². The Hall–Kier alpha value is 0.511. The van der Waals surface area contributed by atoms with Crippen molar-refractivity contribution in [3.63, 3.8) is 0 Å². The predicted molar refractivity (Wildman–Crippen MR) is 47.5 cm³/mol. The second kappa shape index (κ2) is 7.87. The summed E-state index contributed by atoms with van der Waals surface area (Å²) in [6.45, 7) is 0. The van der Waals surface area contributed by atoms with Gasteiger partial charge < -0.3 is 0 Å². The van der Waals surface area contributed by atoms with E-state index >= 15 is 0 Å². The number of methoxy groups -OCH3 is 1. The van der Waals surface area contributed by atoms with Crippen LogP contribution in [0.5, 0.6) is 5.75 Å². The van der Waals surface area contributed by atoms with Gasteiger partial charge in [0.2, 0.25) is 0 Å². The van der Waals surface area contributed by atoms with E-state index in [1.165, 1.54) is -0.342 Å². The Balaban J connectivity index is 0.000000310. The quantitative estimate of drug-likeness (QED) is 0.641. The van der Waals surface area contributed by atoms with Crippen LogP contribution in [-0.4, -0.2) is 63.6 Å². The molecule has 0 radical (unpaired) electrons. The topological polar surface area (TPSA) is 9.23 Å². The van der Waals surface area contributed by atoms with E-state index in [0.29, 0.717) is 0 Å². The molecule has 13 heavy (non-hydrogen) atoms. The zero-order chi connectivity index (χ0) is 10.3. The smallest absolute Gasteiger partial charge is 0.254 e. The van der Waals surface area contributed by atoms with Crippen LogP contribution in [0.25, 0.3) is 0 Å². The van der Waals surface area contributed by atoms with E-state index in [1.807, 2.05) is 12.1 Å². The zero-order valence-electron chi connectivity index (χ0n) is 7.43. The van der Waals surface area contributed by atoms with Crippen LogP contribution in [0.2, 0.25) is 0 Å². The largest absolute Gasteiger partial charge is 0.762 e. The van der Waals surface area contributed by atoms with E-state index in [2.05, 4.69) is 12.1 Å². The molecule has 0 spiro atoms. The molecule has 0 fully saturated rings. The Bertz CT molecular complexity index is 227. The van der Waals surface area contributed by atoms with Crippen molar-refractivity contribution in [1.82, 2.24) is 0 Å². The summed E-state index contributed by atoms with van der Waals surface area (Å²) in [5.41, 5.74) is 0. The number of hydrogen-bond acceptors (Lipinski definition) is 1. The molecule has 0 aliphatic carbocycles. The Morgan fingerprint density at radius 1 is 1.15 bits per heavy atom. The van der Waals surface area contributed by atoms with Gasteiger partial charge in [0, 0.05) is 0 Å². The molecule has 6 heteroatoms. The SMILES string of the molecule is COc1cc[c]([K])cc1.FB(F)F. The Morgan fingerprint density at radius 2 is 1.54 bits per heavy atom. The van der Waals surface area contributed by atoms with Crippen LogP contribution < -0.4 is 4.39 Å². The van der Waals surface area contributed by atoms with E-state index in [1.54, 1.807) is 7.11 Å². The molecular formula is C7H7BF3KO. The molecule has 0 bridgehead atoms. The second-order valence-electron chi connectivity index (χ2n) is 2.26. The normalized spacial score (nSPS) is 8.46. The number of benzene rings is 1. The molecule has 0 heterocycles. The summed E-state index contributed by atoms with van der Waals surface area (Å²) in [6, 6.07) is 8.22. The molecule has 0 amide bonds. The molecule has 1 aromatic rings. The Labute approximate surface area is 109 Å². The average molecular weight is 214 g/mol. The van der Waals surface area contributed by atoms with Crippen molar-refractivity contribution < 1.29 is 17.7 Å². The fourth-order valence-corrected chi connectivity index (χ4v) is 1.19. The Kier molecular flexibility index (Phi) is 8.18. The molecule has 1 rings (SSSR count). The van der Waals surface area contributed by atoms with E-state index in [9.17, 15) is 12.9 Å². The number of ether oxygens (including phenoxy) is 1. The summed E-state index contributed by atoms with van der Waals surface area (Å²) in [7, 11) is -1.98. The monoisotopic (exact) mass is 214 g/mol. The first-order valence-electron chi connectivity index (χ1n) is 3.59. The minimum Gasteiger partial charge on any atom is -0.254 e. The van der Waals surface area contributed by atoms with E-state index < -0.39 is 7.54 Å². The van der Waals surface area contributed by atoms with E-state index in [-0.39, 0.29) is 0 Å². The van der Waals surface area contributed by atoms with Crippen LogP contribution in [0.3, 0.4) is 0 Å². The molecule has 0 N–H and O–H groups in total. The van der Waals surface area contributed by atoms with Gasteiger partial charge in [0.15, 0.2) is 0 Å². The first-order valence-corrected chi connectivity index (χ1v) is 5.15. The number of halogens is 3. The van der Waals surface area contributed by atoms with Crippen molar-refractivity contribution in [1.29, 1.82) is 0 Å². The van der Waals surface area contributed by atoms with Crippen molar-refractivity contribution in [3.8, 4) is 5.75 Å². The third kappa shape index (κ3) is 8.83. The van der Waals surface area contributed by atoms with Crippen LogP contribution in [0, 0.1) is 0 Å². The minimum atomic E-state index is -3.67. The first kappa shape index (κ1) is 13.5. The fraction of sp³-hybridized carbons (Fsp3) is 0.143. The van der Waals surface area contributed by atoms with Gasteiger partial charge in [0.25, 0.3) is 0 Å². The molecule has 66 valence electrons. The third-order valence-corrected chi connectivity index (χ3v) is 2.30. The van der Waals surface area contributed by atoms with Gasteiger partial charge in [-0.1, -0.05) is 0 Å². The van der Waals surface area contributed by atoms with Crippen molar-refractivity contribution in [2.24, 2.45) is 0 Å². The van der Waals surface area contributed by atoms with Gasteiger partial charge >= 0.3 is 98.0 Å². The molecular weight excluding hydrogens is 207 g/mol. The summed E-state index contributed by atoms with van der Waals surface area (Å²) in [4.78, 5) is 0. The maximum atomic E-state index is 9.67. The number of hydrogen-bond donors (Lipinski definition) is 0. The van der Waals surface area contributed by atoms with Crippen molar-refractivity contribution in [2.45, 2.75) is 0 Å². The number of rotatable bonds is 1. The summed E-state index contributed by atoms with van der Waals surface area (Å²) in [5.74, 6) is 0.947. The summed E-state index contributed by atoms with van der Waals surface area (Å²) in [6.07, 6.45) is 0. The van der Waals surface area contributed by atoms with Gasteiger partial charge in [-0.15, -0.1) is 0 Å². The van der Waals surface area contributed by atoms with Gasteiger partial charge in [-0.3, -0.25) is 12.9 Å². The molecule has 1 aromatic carbocycles. The standard InChI is InChI=1S/C7H7O.BF3.K/c1-8-7-5-3-2-4-6-7;2-1(3)4;/h3-6H,1H3;;. The van der Waals surface area contributed by atoms with E-state index in [4.69, 9.17) is 4.74 Å². The fourth-order valence-electron chi connectivity index (χ4n) is 0.674. The van der Waals surface area contributed by atoms with Crippen LogP contribution >= 0.6 is 0 Å². The van der Waals surface area contributed by atoms with Gasteiger partial charge in [0.05, 0.1) is 0 Å². The molecule has 0 aliphatic heterocycles. The third-order valence-electron chi connectivity index (χ3n) is 1.26. The van der Waals surface area contributed by atoms with Gasteiger partial charge in [-0.25, -0.2) is 0 Å². The first-order chi connectivity index (χ1) is 6.06. The van der Waals surface area contributed by atoms with Crippen LogP contribution in [0.1, 0.15) is 0 Å². The van der Waals surface area contributed by atoms with Crippen LogP contribution in [-0.2, 0) is 0 Å². The molecule has 1 nitrogen and oxygen atoms in total. The summed E-state index contributed by atoms with van der Waals surface area (Å²) < 4.78 is 35.4. The van der Waals surface area contributed by atoms with E-state index in [0.717, 1.165) is 54.7 Å². The Morgan fingerprint density at radius 3 is 1.85 bits per heavy atom. The molecule has 0 saturated carbocycles. The maximum Gasteiger partial charge on any atom is 0.762 e. The van der Waals surface area contributed by atoms with Gasteiger partial charge in [-0.05, 0) is 0 Å². The van der Waals surface area contributed by atoms with Crippen molar-refractivity contribution in [2.75, 3.05) is 7.11 Å². The zero-order valence-corrected chi connectivity index (χ0v) is 10.6. The molecule has 0 atom stereocenters. The van der Waals surface area contributed by atoms with Crippen LogP contribution in [0.15, 0.2) is 24.3 Å². The minimum absolute atomic E-state index is 0.791.